The van der Waals surface area contributed by atoms with Gasteiger partial charge in [0.2, 0.25) is 0 Å². The monoisotopic (exact) mass is 906 g/mol. The number of nitrogens with two attached hydrogens (primary N) is 1. The van der Waals surface area contributed by atoms with Crippen molar-refractivity contribution >= 4 is 52.8 Å². The van der Waals surface area contributed by atoms with Crippen molar-refractivity contribution in [3.63, 3.8) is 0 Å². The predicted octanol–water partition coefficient (Wildman–Crippen LogP) is 10.1. The largest absolute Gasteiger partial charge is 0.487 e. The molecule has 0 aromatic heterocycles. The van der Waals surface area contributed by atoms with E-state index in [9.17, 15) is 4.79 Å². The molecule has 5 aromatic rings. The SMILES string of the molecule is C#C[C@H](CO[Si](c1ccccc1)(c1ccccc1)C(C)(C)C)N(Cc1ccccc1)Cc1ccccc1.CC1(C)CC(=O)c2c(ccc(I)c2N)O1.CC1CCCO1. The number of hydrogen-bond donors (Lipinski definition) is 1. The third-order valence-corrected chi connectivity index (χ3v) is 16.5. The summed E-state index contributed by atoms with van der Waals surface area (Å²) >= 11 is 2.12. The van der Waals surface area contributed by atoms with Crippen LogP contribution in [0.15, 0.2) is 133 Å². The fourth-order valence-electron chi connectivity index (χ4n) is 7.63. The minimum absolute atomic E-state index is 0.0669. The molecule has 304 valence electrons. The van der Waals surface area contributed by atoms with Crippen molar-refractivity contribution in [3.8, 4) is 18.1 Å². The van der Waals surface area contributed by atoms with Gasteiger partial charge in [0.05, 0.1) is 36.4 Å². The second-order valence-corrected chi connectivity index (χ2v) is 22.1. The number of rotatable bonds is 10. The Bertz CT molecular complexity index is 2000. The van der Waals surface area contributed by atoms with E-state index in [-0.39, 0.29) is 16.9 Å². The Labute approximate surface area is 361 Å². The van der Waals surface area contributed by atoms with Gasteiger partial charge in [-0.25, -0.2) is 0 Å². The Hall–Kier alpha value is -4.24. The number of carbonyl (C=O) groups excluding carboxylic acids is 1. The van der Waals surface area contributed by atoms with E-state index in [2.05, 4.69) is 182 Å². The Morgan fingerprint density at radius 2 is 1.36 bits per heavy atom. The number of fused-ring (bicyclic) bond motifs is 1. The lowest BCUT2D eigenvalue weighted by Gasteiger charge is -2.44. The van der Waals surface area contributed by atoms with Gasteiger partial charge in [-0.1, -0.05) is 148 Å². The van der Waals surface area contributed by atoms with Crippen LogP contribution in [0.1, 0.15) is 82.3 Å². The molecule has 0 saturated carbocycles. The number of terminal acetylenes is 1. The highest BCUT2D eigenvalue weighted by atomic mass is 127. The normalized spacial score (nSPS) is 16.4. The van der Waals surface area contributed by atoms with Gasteiger partial charge in [0.25, 0.3) is 8.32 Å². The van der Waals surface area contributed by atoms with Gasteiger partial charge in [0.1, 0.15) is 11.4 Å². The number of hydrogen-bond acceptors (Lipinski definition) is 6. The summed E-state index contributed by atoms with van der Waals surface area (Å²) in [5.41, 5.74) is 9.01. The average Bonchev–Trinajstić information content (AvgIpc) is 3.69. The molecule has 1 unspecified atom stereocenters. The maximum Gasteiger partial charge on any atom is 0.261 e. The van der Waals surface area contributed by atoms with Gasteiger partial charge >= 0.3 is 0 Å². The van der Waals surface area contributed by atoms with E-state index < -0.39 is 13.9 Å². The first kappa shape index (κ1) is 44.9. The van der Waals surface area contributed by atoms with E-state index in [4.69, 9.17) is 26.1 Å². The predicted molar refractivity (Wildman–Crippen MR) is 250 cm³/mol. The molecule has 2 N–H and O–H groups in total. The minimum atomic E-state index is -2.68. The van der Waals surface area contributed by atoms with Crippen LogP contribution >= 0.6 is 22.6 Å². The Balaban J connectivity index is 0.000000247. The van der Waals surface area contributed by atoms with Crippen molar-refractivity contribution in [2.75, 3.05) is 18.9 Å². The third kappa shape index (κ3) is 11.7. The fourth-order valence-corrected chi connectivity index (χ4v) is 12.6. The molecule has 5 aromatic carbocycles. The van der Waals surface area contributed by atoms with Gasteiger partial charge in [-0.2, -0.15) is 0 Å². The van der Waals surface area contributed by atoms with Crippen LogP contribution in [0.25, 0.3) is 0 Å². The molecule has 0 spiro atoms. The van der Waals surface area contributed by atoms with Gasteiger partial charge < -0.3 is 19.6 Å². The van der Waals surface area contributed by atoms with Crippen molar-refractivity contribution in [3.05, 3.63) is 154 Å². The number of ketones is 1. The van der Waals surface area contributed by atoms with Crippen molar-refractivity contribution in [1.82, 2.24) is 4.90 Å². The number of anilines is 1. The van der Waals surface area contributed by atoms with Crippen molar-refractivity contribution in [2.45, 2.75) is 96.7 Å². The number of nitrogen functional groups attached to an aromatic ring is 1. The molecule has 0 aliphatic carbocycles. The molecule has 2 aliphatic heterocycles. The summed E-state index contributed by atoms with van der Waals surface area (Å²) in [5.74, 6) is 3.77. The molecular formula is C50H59IN2O4Si. The van der Waals surface area contributed by atoms with Crippen LogP contribution in [0.2, 0.25) is 5.04 Å². The molecule has 0 amide bonds. The molecule has 1 fully saturated rings. The number of Topliss-reactive ketones (excluding diaryl/α,β-unsaturated/α-hetero) is 1. The summed E-state index contributed by atoms with van der Waals surface area (Å²) in [6.45, 7) is 15.8. The molecule has 2 atom stereocenters. The Morgan fingerprint density at radius 3 is 1.78 bits per heavy atom. The van der Waals surface area contributed by atoms with E-state index in [1.54, 1.807) is 0 Å². The van der Waals surface area contributed by atoms with Gasteiger partial charge in [-0.3, -0.25) is 9.69 Å². The smallest absolute Gasteiger partial charge is 0.261 e. The number of nitrogens with zero attached hydrogens (tertiary/aromatic N) is 1. The molecule has 6 nitrogen and oxygen atoms in total. The van der Waals surface area contributed by atoms with Gasteiger partial charge in [0, 0.05) is 23.3 Å². The van der Waals surface area contributed by atoms with Crippen LogP contribution in [0, 0.1) is 15.9 Å². The number of halogens is 1. The zero-order valence-electron chi connectivity index (χ0n) is 34.9. The van der Waals surface area contributed by atoms with Crippen LogP contribution in [0.4, 0.5) is 5.69 Å². The zero-order chi connectivity index (χ0) is 41.8. The van der Waals surface area contributed by atoms with Gasteiger partial charge in [0.15, 0.2) is 5.78 Å². The first-order valence-corrected chi connectivity index (χ1v) is 23.2. The molecule has 8 heteroatoms. The molecule has 0 radical (unpaired) electrons. The average molecular weight is 907 g/mol. The molecular weight excluding hydrogens is 848 g/mol. The third-order valence-electron chi connectivity index (χ3n) is 10.5. The van der Waals surface area contributed by atoms with Crippen LogP contribution in [0.3, 0.4) is 0 Å². The summed E-state index contributed by atoms with van der Waals surface area (Å²) in [5, 5.41) is 2.43. The molecule has 7 rings (SSSR count). The van der Waals surface area contributed by atoms with Gasteiger partial charge in [-0.05, 0) is 94.9 Å². The minimum Gasteiger partial charge on any atom is -0.487 e. The standard InChI is InChI=1S/C34H37NOSi.C11H12INO2.C5H10O/c1-5-31(35(26-29-18-10-6-11-19-29)27-30-20-12-7-13-21-30)28-36-37(34(2,3)4,32-22-14-8-15-23-32)33-24-16-9-17-25-33;1-11(2)5-7(14)9-8(15-11)4-3-6(12)10(9)13;1-5-3-2-4-6-5/h1,6-25,31H,26-28H2,2-4H3;3-4H,5,13H2,1-2H3;5H,2-4H2,1H3/t31-;;/m1../s1. The summed E-state index contributed by atoms with van der Waals surface area (Å²) in [7, 11) is -2.68. The van der Waals surface area contributed by atoms with Crippen LogP contribution < -0.4 is 20.8 Å². The van der Waals surface area contributed by atoms with Crippen molar-refractivity contribution < 1.29 is 18.7 Å². The summed E-state index contributed by atoms with van der Waals surface area (Å²) < 4.78 is 19.0. The molecule has 0 bridgehead atoms. The maximum atomic E-state index is 11.9. The van der Waals surface area contributed by atoms with E-state index in [1.165, 1.54) is 34.3 Å². The highest BCUT2D eigenvalue weighted by molar-refractivity contribution is 14.1. The summed E-state index contributed by atoms with van der Waals surface area (Å²) in [6, 6.07) is 46.1. The molecule has 58 heavy (non-hydrogen) atoms. The maximum absolute atomic E-state index is 11.9. The van der Waals surface area contributed by atoms with Crippen LogP contribution in [-0.4, -0.2) is 50.0 Å². The zero-order valence-corrected chi connectivity index (χ0v) is 38.1. The lowest BCUT2D eigenvalue weighted by Crippen LogP contribution is -2.67. The number of ether oxygens (including phenoxy) is 2. The Morgan fingerprint density at radius 1 is 0.862 bits per heavy atom. The fraction of sp³-hybridized carbons (Fsp3) is 0.340. The summed E-state index contributed by atoms with van der Waals surface area (Å²) in [6.07, 6.45) is 9.70. The molecule has 1 saturated heterocycles. The second-order valence-electron chi connectivity index (χ2n) is 16.7. The molecule has 2 heterocycles. The van der Waals surface area contributed by atoms with Crippen LogP contribution in [-0.2, 0) is 22.3 Å². The lowest BCUT2D eigenvalue weighted by molar-refractivity contribution is 0.0622. The van der Waals surface area contributed by atoms with Crippen molar-refractivity contribution in [1.29, 1.82) is 0 Å². The number of benzene rings is 5. The molecule has 2 aliphatic rings. The van der Waals surface area contributed by atoms with E-state index in [0.717, 1.165) is 23.3 Å². The first-order valence-electron chi connectivity index (χ1n) is 20.2. The highest BCUT2D eigenvalue weighted by Crippen LogP contribution is 2.39. The topological polar surface area (TPSA) is 74.0 Å². The lowest BCUT2D eigenvalue weighted by atomic mass is 9.92. The van der Waals surface area contributed by atoms with Crippen molar-refractivity contribution in [2.24, 2.45) is 0 Å². The van der Waals surface area contributed by atoms with Gasteiger partial charge in [-0.15, -0.1) is 6.42 Å². The Kier molecular flexibility index (Phi) is 16.0. The van der Waals surface area contributed by atoms with E-state index >= 15 is 0 Å². The van der Waals surface area contributed by atoms with Crippen LogP contribution in [0.5, 0.6) is 5.75 Å². The quantitative estimate of drug-likeness (QED) is 0.0652. The highest BCUT2D eigenvalue weighted by Gasteiger charge is 2.50. The number of carbonyl (C=O) groups is 1. The first-order chi connectivity index (χ1) is 27.7. The van der Waals surface area contributed by atoms with E-state index in [1.807, 2.05) is 26.0 Å². The summed E-state index contributed by atoms with van der Waals surface area (Å²) in [4.78, 5) is 14.3. The van der Waals surface area contributed by atoms with E-state index in [0.29, 0.717) is 36.1 Å². The second kappa shape index (κ2) is 20.6.